The first-order chi connectivity index (χ1) is 7.52. The average molecular weight is 231 g/mol. The van der Waals surface area contributed by atoms with Crippen LogP contribution in [0.4, 0.5) is 4.79 Å². The summed E-state index contributed by atoms with van der Waals surface area (Å²) >= 11 is 0. The molecule has 2 amide bonds. The van der Waals surface area contributed by atoms with Crippen LogP contribution in [0.25, 0.3) is 0 Å². The molecule has 1 aliphatic rings. The second kappa shape index (κ2) is 5.66. The summed E-state index contributed by atoms with van der Waals surface area (Å²) in [4.78, 5) is 23.9. The summed E-state index contributed by atoms with van der Waals surface area (Å²) in [5, 5.41) is 23.4. The third-order valence-electron chi connectivity index (χ3n) is 2.43. The molecule has 1 aliphatic heterocycles. The van der Waals surface area contributed by atoms with Crippen LogP contribution in [0.5, 0.6) is 0 Å². The van der Waals surface area contributed by atoms with Gasteiger partial charge < -0.3 is 25.7 Å². The highest BCUT2D eigenvalue weighted by atomic mass is 16.4. The maximum Gasteiger partial charge on any atom is 0.328 e. The monoisotopic (exact) mass is 231 g/mol. The molecule has 1 saturated heterocycles. The summed E-state index contributed by atoms with van der Waals surface area (Å²) < 4.78 is 0. The molecule has 0 aromatic carbocycles. The number of nitrogens with one attached hydrogen (secondary N) is 2. The lowest BCUT2D eigenvalue weighted by Gasteiger charge is -2.29. The van der Waals surface area contributed by atoms with E-state index in [0.717, 1.165) is 0 Å². The van der Waals surface area contributed by atoms with Crippen molar-refractivity contribution >= 4 is 12.0 Å². The number of aliphatic hydroxyl groups excluding tert-OH is 1. The number of aliphatic hydroxyl groups is 1. The van der Waals surface area contributed by atoms with Crippen molar-refractivity contribution < 1.29 is 19.8 Å². The standard InChI is InChI=1S/C9H17N3O4/c1-6(13)7(8(14)15)11-9(16)12-4-2-10-3-5-12/h6-7,10,13H,2-5H2,1H3,(H,11,16)(H,14,15)/t6-,7+/m1/s1. The van der Waals surface area contributed by atoms with Gasteiger partial charge in [0.25, 0.3) is 0 Å². The molecule has 4 N–H and O–H groups in total. The zero-order valence-electron chi connectivity index (χ0n) is 9.14. The van der Waals surface area contributed by atoms with Crippen LogP contribution in [0.2, 0.25) is 0 Å². The van der Waals surface area contributed by atoms with E-state index in [1.54, 1.807) is 0 Å². The number of carbonyl (C=O) groups is 2. The minimum atomic E-state index is -1.26. The number of aliphatic carboxylic acids is 1. The van der Waals surface area contributed by atoms with E-state index >= 15 is 0 Å². The highest BCUT2D eigenvalue weighted by Crippen LogP contribution is 1.98. The third kappa shape index (κ3) is 3.35. The quantitative estimate of drug-likeness (QED) is 0.470. The Morgan fingerprint density at radius 2 is 1.94 bits per heavy atom. The summed E-state index contributed by atoms with van der Waals surface area (Å²) in [6.07, 6.45) is -1.12. The maximum absolute atomic E-state index is 11.6. The Kier molecular flexibility index (Phi) is 4.51. The molecule has 1 heterocycles. The molecular weight excluding hydrogens is 214 g/mol. The highest BCUT2D eigenvalue weighted by Gasteiger charge is 2.27. The van der Waals surface area contributed by atoms with Crippen LogP contribution in [0, 0.1) is 0 Å². The van der Waals surface area contributed by atoms with Crippen LogP contribution < -0.4 is 10.6 Å². The number of urea groups is 1. The lowest BCUT2D eigenvalue weighted by molar-refractivity contribution is -0.141. The van der Waals surface area contributed by atoms with Crippen molar-refractivity contribution in [1.82, 2.24) is 15.5 Å². The van der Waals surface area contributed by atoms with Crippen molar-refractivity contribution in [3.8, 4) is 0 Å². The number of nitrogens with zero attached hydrogens (tertiary/aromatic N) is 1. The predicted octanol–water partition coefficient (Wildman–Crippen LogP) is -1.56. The molecule has 2 atom stereocenters. The Bertz CT molecular complexity index is 263. The molecule has 0 aromatic rings. The summed E-state index contributed by atoms with van der Waals surface area (Å²) in [7, 11) is 0. The fourth-order valence-corrected chi connectivity index (χ4v) is 1.48. The van der Waals surface area contributed by atoms with E-state index in [9.17, 15) is 14.7 Å². The second-order valence-corrected chi connectivity index (χ2v) is 3.74. The van der Waals surface area contributed by atoms with Gasteiger partial charge in [-0.15, -0.1) is 0 Å². The van der Waals surface area contributed by atoms with Crippen LogP contribution in [0.1, 0.15) is 6.92 Å². The third-order valence-corrected chi connectivity index (χ3v) is 2.43. The molecule has 0 unspecified atom stereocenters. The first kappa shape index (κ1) is 12.7. The van der Waals surface area contributed by atoms with E-state index in [2.05, 4.69) is 10.6 Å². The van der Waals surface area contributed by atoms with Crippen molar-refractivity contribution in [1.29, 1.82) is 0 Å². The highest BCUT2D eigenvalue weighted by molar-refractivity contribution is 5.83. The number of carboxylic acids is 1. The fourth-order valence-electron chi connectivity index (χ4n) is 1.48. The van der Waals surface area contributed by atoms with E-state index in [1.807, 2.05) is 0 Å². The number of amides is 2. The number of rotatable bonds is 3. The van der Waals surface area contributed by atoms with E-state index in [-0.39, 0.29) is 0 Å². The summed E-state index contributed by atoms with van der Waals surface area (Å²) in [5.74, 6) is -1.24. The van der Waals surface area contributed by atoms with Gasteiger partial charge in [-0.3, -0.25) is 0 Å². The van der Waals surface area contributed by atoms with Gasteiger partial charge in [-0.25, -0.2) is 9.59 Å². The molecule has 0 aliphatic carbocycles. The molecule has 1 rings (SSSR count). The molecule has 16 heavy (non-hydrogen) atoms. The number of piperazine rings is 1. The van der Waals surface area contributed by atoms with Crippen molar-refractivity contribution in [3.63, 3.8) is 0 Å². The van der Waals surface area contributed by atoms with Crippen molar-refractivity contribution in [2.45, 2.75) is 19.1 Å². The summed E-state index contributed by atoms with van der Waals surface area (Å²) in [5.41, 5.74) is 0. The first-order valence-electron chi connectivity index (χ1n) is 5.19. The first-order valence-corrected chi connectivity index (χ1v) is 5.19. The normalized spacial score (nSPS) is 20.0. The van der Waals surface area contributed by atoms with Gasteiger partial charge in [0.05, 0.1) is 6.10 Å². The number of hydrogen-bond acceptors (Lipinski definition) is 4. The van der Waals surface area contributed by atoms with Crippen LogP contribution in [-0.4, -0.2) is 65.4 Å². The zero-order chi connectivity index (χ0) is 12.1. The van der Waals surface area contributed by atoms with Crippen molar-refractivity contribution in [3.05, 3.63) is 0 Å². The second-order valence-electron chi connectivity index (χ2n) is 3.74. The minimum Gasteiger partial charge on any atom is -0.480 e. The lowest BCUT2D eigenvalue weighted by atomic mass is 10.2. The van der Waals surface area contributed by atoms with E-state index in [1.165, 1.54) is 11.8 Å². The molecule has 0 saturated carbocycles. The molecule has 0 spiro atoms. The largest absolute Gasteiger partial charge is 0.480 e. The van der Waals surface area contributed by atoms with E-state index in [0.29, 0.717) is 26.2 Å². The Morgan fingerprint density at radius 1 is 1.38 bits per heavy atom. The van der Waals surface area contributed by atoms with Gasteiger partial charge >= 0.3 is 12.0 Å². The Balaban J connectivity index is 2.50. The molecule has 0 aromatic heterocycles. The summed E-state index contributed by atoms with van der Waals surface area (Å²) in [6.45, 7) is 3.80. The fraction of sp³-hybridized carbons (Fsp3) is 0.778. The van der Waals surface area contributed by atoms with Crippen LogP contribution in [0.15, 0.2) is 0 Å². The van der Waals surface area contributed by atoms with Gasteiger partial charge in [0.2, 0.25) is 0 Å². The van der Waals surface area contributed by atoms with Gasteiger partial charge in [-0.1, -0.05) is 0 Å². The smallest absolute Gasteiger partial charge is 0.328 e. The van der Waals surface area contributed by atoms with Crippen LogP contribution in [0.3, 0.4) is 0 Å². The minimum absolute atomic E-state index is 0.449. The molecule has 1 fully saturated rings. The Morgan fingerprint density at radius 3 is 2.38 bits per heavy atom. The molecule has 7 nitrogen and oxygen atoms in total. The van der Waals surface area contributed by atoms with Crippen LogP contribution >= 0.6 is 0 Å². The predicted molar refractivity (Wildman–Crippen MR) is 56.1 cm³/mol. The Labute approximate surface area is 93.4 Å². The van der Waals surface area contributed by atoms with Crippen LogP contribution in [-0.2, 0) is 4.79 Å². The molecular formula is C9H17N3O4. The lowest BCUT2D eigenvalue weighted by Crippen LogP contribution is -2.56. The molecule has 92 valence electrons. The molecule has 7 heteroatoms. The van der Waals surface area contributed by atoms with Gasteiger partial charge in [0, 0.05) is 26.2 Å². The molecule has 0 bridgehead atoms. The van der Waals surface area contributed by atoms with Crippen molar-refractivity contribution in [2.24, 2.45) is 0 Å². The molecule has 0 radical (unpaired) electrons. The zero-order valence-corrected chi connectivity index (χ0v) is 9.14. The van der Waals surface area contributed by atoms with Gasteiger partial charge in [-0.05, 0) is 6.92 Å². The van der Waals surface area contributed by atoms with Gasteiger partial charge in [0.15, 0.2) is 6.04 Å². The summed E-state index contributed by atoms with van der Waals surface area (Å²) in [6, 6.07) is -1.71. The Hall–Kier alpha value is -1.34. The number of carbonyl (C=O) groups excluding carboxylic acids is 1. The topological polar surface area (TPSA) is 102 Å². The average Bonchev–Trinajstić information content (AvgIpc) is 2.25. The number of carboxylic acid groups (broad SMARTS) is 1. The SMILES string of the molecule is C[C@@H](O)[C@H](NC(=O)N1CCNCC1)C(=O)O. The van der Waals surface area contributed by atoms with E-state index < -0.39 is 24.1 Å². The maximum atomic E-state index is 11.6. The van der Waals surface area contributed by atoms with Gasteiger partial charge in [-0.2, -0.15) is 0 Å². The number of hydrogen-bond donors (Lipinski definition) is 4. The van der Waals surface area contributed by atoms with Gasteiger partial charge in [0.1, 0.15) is 0 Å². The van der Waals surface area contributed by atoms with Crippen molar-refractivity contribution in [2.75, 3.05) is 26.2 Å². The van der Waals surface area contributed by atoms with E-state index in [4.69, 9.17) is 5.11 Å².